The van der Waals surface area contributed by atoms with E-state index in [9.17, 15) is 18.0 Å². The van der Waals surface area contributed by atoms with E-state index < -0.39 is 28.4 Å². The number of anilines is 2. The Morgan fingerprint density at radius 2 is 1.45 bits per heavy atom. The molecule has 0 aliphatic carbocycles. The molecule has 4 rings (SSSR count). The highest BCUT2D eigenvalue weighted by molar-refractivity contribution is 7.92. The molecule has 0 saturated heterocycles. The molecular formula is C32H32ClN3O7S. The van der Waals surface area contributed by atoms with Gasteiger partial charge in [0.05, 0.1) is 49.2 Å². The van der Waals surface area contributed by atoms with Crippen molar-refractivity contribution < 1.29 is 32.2 Å². The lowest BCUT2D eigenvalue weighted by Crippen LogP contribution is -2.38. The highest BCUT2D eigenvalue weighted by Gasteiger charge is 2.31. The minimum atomic E-state index is -4.40. The minimum Gasteiger partial charge on any atom is -0.495 e. The van der Waals surface area contributed by atoms with Gasteiger partial charge in [-0.3, -0.25) is 13.9 Å². The van der Waals surface area contributed by atoms with Crippen LogP contribution in [0.25, 0.3) is 0 Å². The average molecular weight is 638 g/mol. The molecule has 230 valence electrons. The predicted molar refractivity (Wildman–Crippen MR) is 169 cm³/mol. The number of amides is 2. The second kappa shape index (κ2) is 14.2. The van der Waals surface area contributed by atoms with Crippen molar-refractivity contribution in [1.82, 2.24) is 5.32 Å². The van der Waals surface area contributed by atoms with Gasteiger partial charge in [-0.15, -0.1) is 0 Å². The molecule has 10 nitrogen and oxygen atoms in total. The molecule has 4 aromatic rings. The zero-order valence-corrected chi connectivity index (χ0v) is 26.1. The zero-order valence-electron chi connectivity index (χ0n) is 24.5. The molecule has 0 unspecified atom stereocenters. The lowest BCUT2D eigenvalue weighted by atomic mass is 10.1. The van der Waals surface area contributed by atoms with Crippen LogP contribution in [0.4, 0.5) is 11.4 Å². The fraction of sp³-hybridized carbons (Fsp3) is 0.188. The van der Waals surface area contributed by atoms with Crippen LogP contribution in [-0.2, 0) is 14.8 Å². The van der Waals surface area contributed by atoms with Gasteiger partial charge >= 0.3 is 0 Å². The summed E-state index contributed by atoms with van der Waals surface area (Å²) < 4.78 is 45.0. The number of nitrogens with zero attached hydrogens (tertiary/aromatic N) is 1. The number of sulfonamides is 1. The first-order chi connectivity index (χ1) is 21.1. The molecule has 44 heavy (non-hydrogen) atoms. The molecule has 2 N–H and O–H groups in total. The lowest BCUT2D eigenvalue weighted by Gasteiger charge is -2.26. The van der Waals surface area contributed by atoms with Gasteiger partial charge < -0.3 is 24.8 Å². The van der Waals surface area contributed by atoms with Gasteiger partial charge in [0.25, 0.3) is 15.9 Å². The molecule has 1 atom stereocenters. The third-order valence-corrected chi connectivity index (χ3v) is 8.72. The summed E-state index contributed by atoms with van der Waals surface area (Å²) in [5.41, 5.74) is 1.36. The van der Waals surface area contributed by atoms with Crippen LogP contribution in [0.5, 0.6) is 17.2 Å². The first-order valence-electron chi connectivity index (χ1n) is 13.4. The van der Waals surface area contributed by atoms with E-state index in [0.29, 0.717) is 5.75 Å². The van der Waals surface area contributed by atoms with Crippen molar-refractivity contribution in [3.8, 4) is 17.2 Å². The molecular weight excluding hydrogens is 606 g/mol. The number of hydrogen-bond donors (Lipinski definition) is 2. The Kier molecular flexibility index (Phi) is 10.4. The summed E-state index contributed by atoms with van der Waals surface area (Å²) in [6.07, 6.45) is 0. The molecule has 0 aliphatic heterocycles. The van der Waals surface area contributed by atoms with E-state index in [0.717, 1.165) is 9.87 Å². The number of hydrogen-bond acceptors (Lipinski definition) is 7. The van der Waals surface area contributed by atoms with Crippen molar-refractivity contribution >= 4 is 44.8 Å². The van der Waals surface area contributed by atoms with Crippen LogP contribution >= 0.6 is 11.6 Å². The highest BCUT2D eigenvalue weighted by Crippen LogP contribution is 2.37. The summed E-state index contributed by atoms with van der Waals surface area (Å²) in [6.45, 7) is 1.17. The fourth-order valence-electron chi connectivity index (χ4n) is 4.47. The van der Waals surface area contributed by atoms with Crippen molar-refractivity contribution in [3.63, 3.8) is 0 Å². The number of carbonyl (C=O) groups excluding carboxylic acids is 2. The van der Waals surface area contributed by atoms with Gasteiger partial charge in [0.15, 0.2) is 11.5 Å². The first kappa shape index (κ1) is 32.2. The van der Waals surface area contributed by atoms with Gasteiger partial charge in [0.1, 0.15) is 12.3 Å². The molecule has 4 aromatic carbocycles. The van der Waals surface area contributed by atoms with Crippen LogP contribution < -0.4 is 29.1 Å². The van der Waals surface area contributed by atoms with Gasteiger partial charge in [0.2, 0.25) is 5.91 Å². The van der Waals surface area contributed by atoms with Gasteiger partial charge in [-0.05, 0) is 55.0 Å². The van der Waals surface area contributed by atoms with Crippen molar-refractivity contribution in [2.45, 2.75) is 17.9 Å². The number of para-hydroxylation sites is 1. The molecule has 0 spiro atoms. The van der Waals surface area contributed by atoms with E-state index in [4.69, 9.17) is 25.8 Å². The van der Waals surface area contributed by atoms with E-state index in [2.05, 4.69) is 10.6 Å². The molecule has 0 aliphatic rings. The van der Waals surface area contributed by atoms with Crippen molar-refractivity contribution in [2.75, 3.05) is 37.5 Å². The van der Waals surface area contributed by atoms with Gasteiger partial charge in [-0.25, -0.2) is 8.42 Å². The third-order valence-electron chi connectivity index (χ3n) is 6.73. The molecule has 2 amide bonds. The minimum absolute atomic E-state index is 0.0349. The molecule has 0 radical (unpaired) electrons. The topological polar surface area (TPSA) is 123 Å². The Bertz CT molecular complexity index is 1750. The maximum absolute atomic E-state index is 14.1. The predicted octanol–water partition coefficient (Wildman–Crippen LogP) is 5.69. The molecule has 0 aromatic heterocycles. The van der Waals surface area contributed by atoms with Gasteiger partial charge in [-0.1, -0.05) is 54.1 Å². The molecule has 0 saturated carbocycles. The van der Waals surface area contributed by atoms with E-state index in [1.165, 1.54) is 57.7 Å². The van der Waals surface area contributed by atoms with Gasteiger partial charge in [-0.2, -0.15) is 0 Å². The summed E-state index contributed by atoms with van der Waals surface area (Å²) in [5.74, 6) is -0.454. The van der Waals surface area contributed by atoms with Crippen LogP contribution in [0.2, 0.25) is 5.02 Å². The maximum Gasteiger partial charge on any atom is 0.265 e. The SMILES string of the molecule is COc1ccc(S(=O)(=O)N(CC(=O)Nc2ccccc2C(=O)N[C@@H](C)c2ccccc2)c2cc(Cl)ccc2OC)cc1OC. The number of carbonyl (C=O) groups is 2. The standard InChI is InChI=1S/C32H32ClN3O7S/c1-21(22-10-6-5-7-11-22)34-32(38)25-12-8-9-13-26(25)35-31(37)20-36(27-18-23(33)14-16-28(27)41-2)44(39,40)24-15-17-29(42-3)30(19-24)43-4/h5-19,21H,20H2,1-4H3,(H,34,38)(H,35,37)/t21-/m0/s1. The van der Waals surface area contributed by atoms with Crippen LogP contribution in [0.15, 0.2) is 95.9 Å². The van der Waals surface area contributed by atoms with Crippen LogP contribution in [0.1, 0.15) is 28.9 Å². The Labute approximate surface area is 261 Å². The largest absolute Gasteiger partial charge is 0.495 e. The van der Waals surface area contributed by atoms with Crippen molar-refractivity contribution in [3.05, 3.63) is 107 Å². The number of ether oxygens (including phenoxy) is 3. The Morgan fingerprint density at radius 3 is 2.14 bits per heavy atom. The van der Waals surface area contributed by atoms with Crippen LogP contribution in [0, 0.1) is 0 Å². The Morgan fingerprint density at radius 1 is 0.818 bits per heavy atom. The zero-order chi connectivity index (χ0) is 31.9. The van der Waals surface area contributed by atoms with Crippen molar-refractivity contribution in [1.29, 1.82) is 0 Å². The smallest absolute Gasteiger partial charge is 0.265 e. The Hall–Kier alpha value is -4.74. The quantitative estimate of drug-likeness (QED) is 0.205. The van der Waals surface area contributed by atoms with E-state index in [-0.39, 0.29) is 44.4 Å². The van der Waals surface area contributed by atoms with Crippen LogP contribution in [0.3, 0.4) is 0 Å². The molecule has 0 heterocycles. The lowest BCUT2D eigenvalue weighted by molar-refractivity contribution is -0.114. The normalized spacial score (nSPS) is 11.7. The average Bonchev–Trinajstić information content (AvgIpc) is 3.03. The number of nitrogens with one attached hydrogen (secondary N) is 2. The molecule has 0 bridgehead atoms. The summed E-state index contributed by atoms with van der Waals surface area (Å²) in [7, 11) is -0.215. The monoisotopic (exact) mass is 637 g/mol. The van der Waals surface area contributed by atoms with E-state index in [1.54, 1.807) is 24.3 Å². The first-order valence-corrected chi connectivity index (χ1v) is 15.2. The fourth-order valence-corrected chi connectivity index (χ4v) is 6.08. The summed E-state index contributed by atoms with van der Waals surface area (Å²) in [5, 5.41) is 5.85. The number of benzene rings is 4. The van der Waals surface area contributed by atoms with Gasteiger partial charge in [0, 0.05) is 11.1 Å². The number of rotatable bonds is 12. The summed E-state index contributed by atoms with van der Waals surface area (Å²) >= 11 is 6.25. The number of methoxy groups -OCH3 is 3. The molecule has 0 fully saturated rings. The highest BCUT2D eigenvalue weighted by atomic mass is 35.5. The molecule has 12 heteroatoms. The second-order valence-corrected chi connectivity index (χ2v) is 11.8. The second-order valence-electron chi connectivity index (χ2n) is 9.54. The third kappa shape index (κ3) is 7.24. The summed E-state index contributed by atoms with van der Waals surface area (Å²) in [6, 6.07) is 24.1. The van der Waals surface area contributed by atoms with E-state index in [1.807, 2.05) is 37.3 Å². The van der Waals surface area contributed by atoms with Crippen LogP contribution in [-0.4, -0.2) is 48.1 Å². The van der Waals surface area contributed by atoms with Crippen molar-refractivity contribution in [2.24, 2.45) is 0 Å². The Balaban J connectivity index is 1.67. The van der Waals surface area contributed by atoms with E-state index >= 15 is 0 Å². The number of halogens is 1. The summed E-state index contributed by atoms with van der Waals surface area (Å²) in [4.78, 5) is 26.6. The maximum atomic E-state index is 14.1.